The van der Waals surface area contributed by atoms with Crippen molar-refractivity contribution in [1.82, 2.24) is 20.3 Å². The summed E-state index contributed by atoms with van der Waals surface area (Å²) in [5.41, 5.74) is 3.64. The number of fused-ring (bicyclic) bond motifs is 2. The number of nitrogens with zero attached hydrogens (tertiary/aromatic N) is 2. The molecule has 0 bridgehead atoms. The summed E-state index contributed by atoms with van der Waals surface area (Å²) in [4.78, 5) is 48.0. The zero-order valence-electron chi connectivity index (χ0n) is 19.0. The molecule has 0 fully saturated rings. The van der Waals surface area contributed by atoms with Crippen LogP contribution in [0.15, 0.2) is 61.1 Å². The standard InChI is InChI=1S/C25H22N6O5/c32-20(12-35-11-15-4-2-1-3-5-15)31-18-10-26-23-22(18)28-14-29-24(23)25(34)27-9-16-6-7-19-17(8-16)30-21(33)13-36-19/h1-8,10,14,26H,9,11-13H2,(H,27,34)(H,30,33)(H,31,32). The molecule has 1 aliphatic heterocycles. The van der Waals surface area contributed by atoms with Crippen molar-refractivity contribution in [2.24, 2.45) is 0 Å². The molecule has 2 aromatic carbocycles. The molecule has 1 aliphatic rings. The number of carbonyl (C=O) groups is 3. The van der Waals surface area contributed by atoms with Gasteiger partial charge < -0.3 is 30.4 Å². The molecule has 11 nitrogen and oxygen atoms in total. The summed E-state index contributed by atoms with van der Waals surface area (Å²) < 4.78 is 10.8. The monoisotopic (exact) mass is 486 g/mol. The minimum absolute atomic E-state index is 0.0217. The second-order valence-electron chi connectivity index (χ2n) is 8.02. The van der Waals surface area contributed by atoms with Crippen LogP contribution >= 0.6 is 0 Å². The molecule has 0 spiro atoms. The van der Waals surface area contributed by atoms with Crippen molar-refractivity contribution in [3.05, 3.63) is 77.9 Å². The van der Waals surface area contributed by atoms with Gasteiger partial charge in [-0.3, -0.25) is 14.4 Å². The predicted molar refractivity (Wildman–Crippen MR) is 130 cm³/mol. The van der Waals surface area contributed by atoms with E-state index in [1.54, 1.807) is 24.4 Å². The number of hydrogen-bond acceptors (Lipinski definition) is 7. The van der Waals surface area contributed by atoms with Gasteiger partial charge in [0.05, 0.1) is 23.5 Å². The van der Waals surface area contributed by atoms with Crippen LogP contribution in [0.25, 0.3) is 11.0 Å². The van der Waals surface area contributed by atoms with E-state index in [1.807, 2.05) is 30.3 Å². The van der Waals surface area contributed by atoms with Gasteiger partial charge in [0.2, 0.25) is 5.91 Å². The maximum atomic E-state index is 12.9. The molecule has 5 rings (SSSR count). The summed E-state index contributed by atoms with van der Waals surface area (Å²) in [6.07, 6.45) is 2.82. The van der Waals surface area contributed by atoms with Crippen molar-refractivity contribution >= 4 is 40.1 Å². The molecule has 3 heterocycles. The highest BCUT2D eigenvalue weighted by molar-refractivity contribution is 6.08. The van der Waals surface area contributed by atoms with Gasteiger partial charge in [-0.2, -0.15) is 0 Å². The zero-order chi connectivity index (χ0) is 24.9. The van der Waals surface area contributed by atoms with Gasteiger partial charge in [-0.15, -0.1) is 0 Å². The van der Waals surface area contributed by atoms with E-state index in [1.165, 1.54) is 6.33 Å². The van der Waals surface area contributed by atoms with Crippen LogP contribution < -0.4 is 20.7 Å². The van der Waals surface area contributed by atoms with Crippen LogP contribution in [0, 0.1) is 0 Å². The van der Waals surface area contributed by atoms with Gasteiger partial charge in [-0.05, 0) is 23.3 Å². The van der Waals surface area contributed by atoms with Crippen LogP contribution in [-0.4, -0.2) is 45.9 Å². The van der Waals surface area contributed by atoms with Crippen LogP contribution in [0.3, 0.4) is 0 Å². The van der Waals surface area contributed by atoms with Crippen molar-refractivity contribution in [3.63, 3.8) is 0 Å². The minimum Gasteiger partial charge on any atom is -0.482 e. The number of benzene rings is 2. The highest BCUT2D eigenvalue weighted by Gasteiger charge is 2.19. The Morgan fingerprint density at radius 3 is 2.81 bits per heavy atom. The fourth-order valence-corrected chi connectivity index (χ4v) is 3.74. The van der Waals surface area contributed by atoms with Crippen LogP contribution in [-0.2, 0) is 27.5 Å². The Balaban J connectivity index is 1.21. The number of rotatable bonds is 8. The van der Waals surface area contributed by atoms with E-state index in [9.17, 15) is 14.4 Å². The topological polar surface area (TPSA) is 147 Å². The third kappa shape index (κ3) is 5.15. The van der Waals surface area contributed by atoms with Crippen LogP contribution in [0.5, 0.6) is 5.75 Å². The molecule has 2 aromatic heterocycles. The Labute approximate surface area is 205 Å². The zero-order valence-corrected chi connectivity index (χ0v) is 19.0. The van der Waals surface area contributed by atoms with E-state index in [0.29, 0.717) is 34.8 Å². The van der Waals surface area contributed by atoms with Gasteiger partial charge in [0, 0.05) is 12.7 Å². The Kier molecular flexibility index (Phi) is 6.54. The number of amides is 3. The Morgan fingerprint density at radius 2 is 1.94 bits per heavy atom. The third-order valence-corrected chi connectivity index (χ3v) is 5.43. The summed E-state index contributed by atoms with van der Waals surface area (Å²) in [5.74, 6) is -0.427. The average Bonchev–Trinajstić information content (AvgIpc) is 3.30. The van der Waals surface area contributed by atoms with E-state index >= 15 is 0 Å². The van der Waals surface area contributed by atoms with E-state index < -0.39 is 5.91 Å². The molecule has 0 saturated carbocycles. The van der Waals surface area contributed by atoms with Gasteiger partial charge in [-0.25, -0.2) is 9.97 Å². The Morgan fingerprint density at radius 1 is 1.08 bits per heavy atom. The predicted octanol–water partition coefficient (Wildman–Crippen LogP) is 2.37. The largest absolute Gasteiger partial charge is 0.482 e. The van der Waals surface area contributed by atoms with Gasteiger partial charge in [0.15, 0.2) is 12.3 Å². The molecule has 4 aromatic rings. The summed E-state index contributed by atoms with van der Waals surface area (Å²) in [6.45, 7) is 0.368. The number of carbonyl (C=O) groups excluding carboxylic acids is 3. The molecule has 0 saturated heterocycles. The molecular weight excluding hydrogens is 464 g/mol. The second kappa shape index (κ2) is 10.2. The molecule has 3 amide bonds. The lowest BCUT2D eigenvalue weighted by Crippen LogP contribution is -2.26. The molecule has 0 atom stereocenters. The molecule has 11 heteroatoms. The molecule has 0 aliphatic carbocycles. The van der Waals surface area contributed by atoms with E-state index in [2.05, 4.69) is 30.9 Å². The first kappa shape index (κ1) is 23.0. The highest BCUT2D eigenvalue weighted by atomic mass is 16.5. The third-order valence-electron chi connectivity index (χ3n) is 5.43. The van der Waals surface area contributed by atoms with E-state index in [0.717, 1.165) is 11.1 Å². The van der Waals surface area contributed by atoms with Gasteiger partial charge in [0.25, 0.3) is 11.8 Å². The number of H-pyrrole nitrogens is 1. The van der Waals surface area contributed by atoms with Crippen molar-refractivity contribution in [1.29, 1.82) is 0 Å². The maximum Gasteiger partial charge on any atom is 0.272 e. The smallest absolute Gasteiger partial charge is 0.272 e. The molecule has 0 radical (unpaired) electrons. The molecule has 4 N–H and O–H groups in total. The Hall–Kier alpha value is -4.77. The molecular formula is C25H22N6O5. The summed E-state index contributed by atoms with van der Waals surface area (Å²) >= 11 is 0. The summed E-state index contributed by atoms with van der Waals surface area (Å²) in [6, 6.07) is 14.8. The van der Waals surface area contributed by atoms with Crippen molar-refractivity contribution < 1.29 is 23.9 Å². The first-order chi connectivity index (χ1) is 17.6. The Bertz CT molecular complexity index is 1440. The number of aromatic amines is 1. The van der Waals surface area contributed by atoms with Crippen LogP contribution in [0.1, 0.15) is 21.6 Å². The minimum atomic E-state index is -0.425. The maximum absolute atomic E-state index is 12.9. The number of aromatic nitrogens is 3. The fourth-order valence-electron chi connectivity index (χ4n) is 3.74. The number of anilines is 2. The highest BCUT2D eigenvalue weighted by Crippen LogP contribution is 2.28. The van der Waals surface area contributed by atoms with Crippen molar-refractivity contribution in [3.8, 4) is 5.75 Å². The lowest BCUT2D eigenvalue weighted by Gasteiger charge is -2.18. The summed E-state index contributed by atoms with van der Waals surface area (Å²) in [7, 11) is 0. The molecule has 0 unspecified atom stereocenters. The number of ether oxygens (including phenoxy) is 2. The lowest BCUT2D eigenvalue weighted by molar-refractivity contribution is -0.121. The van der Waals surface area contributed by atoms with Gasteiger partial charge >= 0.3 is 0 Å². The fraction of sp³-hybridized carbons (Fsp3) is 0.160. The molecule has 182 valence electrons. The van der Waals surface area contributed by atoms with E-state index in [-0.39, 0.29) is 37.3 Å². The van der Waals surface area contributed by atoms with Gasteiger partial charge in [-0.1, -0.05) is 36.4 Å². The number of hydrogen-bond donors (Lipinski definition) is 4. The van der Waals surface area contributed by atoms with Gasteiger partial charge in [0.1, 0.15) is 24.2 Å². The van der Waals surface area contributed by atoms with Crippen LogP contribution in [0.4, 0.5) is 11.4 Å². The summed E-state index contributed by atoms with van der Waals surface area (Å²) in [5, 5.41) is 8.29. The number of nitrogens with one attached hydrogen (secondary N) is 4. The van der Waals surface area contributed by atoms with Crippen molar-refractivity contribution in [2.45, 2.75) is 13.2 Å². The second-order valence-corrected chi connectivity index (χ2v) is 8.02. The van der Waals surface area contributed by atoms with E-state index in [4.69, 9.17) is 9.47 Å². The SMILES string of the molecule is O=C1COc2ccc(CNC(=O)c3ncnc4c(NC(=O)COCc5ccccc5)c[nH]c34)cc2N1. The normalized spacial score (nSPS) is 12.4. The lowest BCUT2D eigenvalue weighted by atomic mass is 10.1. The first-order valence-electron chi connectivity index (χ1n) is 11.1. The van der Waals surface area contributed by atoms with Crippen LogP contribution in [0.2, 0.25) is 0 Å². The molecule has 36 heavy (non-hydrogen) atoms. The van der Waals surface area contributed by atoms with Crippen molar-refractivity contribution in [2.75, 3.05) is 23.8 Å². The first-order valence-corrected chi connectivity index (χ1v) is 11.1. The quantitative estimate of drug-likeness (QED) is 0.299. The average molecular weight is 486 g/mol.